The Kier molecular flexibility index (Phi) is 7.53. The van der Waals surface area contributed by atoms with Crippen molar-refractivity contribution in [1.82, 2.24) is 0 Å². The number of nitrogens with zero attached hydrogens (tertiary/aromatic N) is 1. The van der Waals surface area contributed by atoms with Gasteiger partial charge in [0.25, 0.3) is 10.0 Å². The lowest BCUT2D eigenvalue weighted by Gasteiger charge is -2.24. The summed E-state index contributed by atoms with van der Waals surface area (Å²) in [5.41, 5.74) is 0.829. The maximum Gasteiger partial charge on any atom is 0.340 e. The van der Waals surface area contributed by atoms with Crippen molar-refractivity contribution < 1.29 is 40.2 Å². The van der Waals surface area contributed by atoms with Crippen LogP contribution in [0.4, 0.5) is 23.2 Å². The second-order valence-electron chi connectivity index (χ2n) is 6.48. The molecular formula is C20H21F4NO5S. The number of anilines is 1. The Balaban J connectivity index is 2.30. The molecule has 170 valence electrons. The van der Waals surface area contributed by atoms with Gasteiger partial charge in [-0.15, -0.1) is 0 Å². The van der Waals surface area contributed by atoms with Crippen molar-refractivity contribution in [1.29, 1.82) is 0 Å². The molecule has 0 spiro atoms. The van der Waals surface area contributed by atoms with Crippen LogP contribution in [0.25, 0.3) is 0 Å². The van der Waals surface area contributed by atoms with E-state index < -0.39 is 34.9 Å². The van der Waals surface area contributed by atoms with Crippen LogP contribution in [0.2, 0.25) is 0 Å². The van der Waals surface area contributed by atoms with Gasteiger partial charge in [0.05, 0.1) is 23.3 Å². The van der Waals surface area contributed by atoms with Crippen LogP contribution in [0.15, 0.2) is 47.4 Å². The van der Waals surface area contributed by atoms with Gasteiger partial charge in [0, 0.05) is 6.54 Å². The third-order valence-corrected chi connectivity index (χ3v) is 6.26. The van der Waals surface area contributed by atoms with Crippen LogP contribution in [-0.4, -0.2) is 47.0 Å². The molecule has 0 unspecified atom stereocenters. The zero-order valence-corrected chi connectivity index (χ0v) is 17.8. The summed E-state index contributed by atoms with van der Waals surface area (Å²) in [6.07, 6.45) is -3.86. The topological polar surface area (TPSA) is 72.9 Å². The SMILES string of the molecule is CCN(c1ccc(OCC(F)(F)C(F)F)cc1)S(=O)(=O)c1ccc(C)c(C(=O)OC)c1. The summed E-state index contributed by atoms with van der Waals surface area (Å²) in [6, 6.07) is 9.03. The van der Waals surface area contributed by atoms with Gasteiger partial charge in [-0.2, -0.15) is 8.78 Å². The van der Waals surface area contributed by atoms with Crippen molar-refractivity contribution >= 4 is 21.7 Å². The fourth-order valence-electron chi connectivity index (χ4n) is 2.66. The molecule has 0 fully saturated rings. The molecule has 0 aliphatic rings. The van der Waals surface area contributed by atoms with Crippen LogP contribution in [0.1, 0.15) is 22.8 Å². The maximum atomic E-state index is 13.1. The van der Waals surface area contributed by atoms with E-state index in [1.54, 1.807) is 13.8 Å². The highest BCUT2D eigenvalue weighted by Crippen LogP contribution is 2.28. The van der Waals surface area contributed by atoms with Gasteiger partial charge in [0.15, 0.2) is 6.61 Å². The lowest BCUT2D eigenvalue weighted by Crippen LogP contribution is -2.33. The first-order valence-electron chi connectivity index (χ1n) is 9.04. The van der Waals surface area contributed by atoms with Gasteiger partial charge in [-0.1, -0.05) is 6.07 Å². The molecular weight excluding hydrogens is 442 g/mol. The Labute approximate surface area is 177 Å². The van der Waals surface area contributed by atoms with Crippen LogP contribution in [0.5, 0.6) is 5.75 Å². The number of esters is 1. The van der Waals surface area contributed by atoms with E-state index in [2.05, 4.69) is 9.47 Å². The molecule has 0 atom stereocenters. The van der Waals surface area contributed by atoms with Crippen LogP contribution in [0, 0.1) is 6.92 Å². The highest BCUT2D eigenvalue weighted by atomic mass is 32.2. The van der Waals surface area contributed by atoms with E-state index in [0.29, 0.717) is 5.56 Å². The van der Waals surface area contributed by atoms with Gasteiger partial charge in [-0.25, -0.2) is 22.0 Å². The number of aryl methyl sites for hydroxylation is 1. The Morgan fingerprint density at radius 2 is 1.74 bits per heavy atom. The second kappa shape index (κ2) is 9.54. The number of halogens is 4. The lowest BCUT2D eigenvalue weighted by atomic mass is 10.1. The number of ether oxygens (including phenoxy) is 2. The predicted molar refractivity (Wildman–Crippen MR) is 106 cm³/mol. The summed E-state index contributed by atoms with van der Waals surface area (Å²) >= 11 is 0. The molecule has 0 amide bonds. The Bertz CT molecular complexity index is 1030. The molecule has 0 N–H and O–H groups in total. The first-order valence-corrected chi connectivity index (χ1v) is 10.5. The third-order valence-electron chi connectivity index (χ3n) is 4.36. The van der Waals surface area contributed by atoms with Gasteiger partial charge in [0.1, 0.15) is 5.75 Å². The molecule has 2 aromatic rings. The zero-order chi connectivity index (χ0) is 23.4. The average Bonchev–Trinajstić information content (AvgIpc) is 2.73. The number of rotatable bonds is 9. The normalized spacial score (nSPS) is 12.0. The first-order chi connectivity index (χ1) is 14.4. The van der Waals surface area contributed by atoms with Crippen LogP contribution >= 0.6 is 0 Å². The van der Waals surface area contributed by atoms with Gasteiger partial charge in [-0.3, -0.25) is 4.31 Å². The van der Waals surface area contributed by atoms with Crippen molar-refractivity contribution in [2.45, 2.75) is 31.1 Å². The summed E-state index contributed by atoms with van der Waals surface area (Å²) in [5.74, 6) is -5.11. The van der Waals surface area contributed by atoms with Crippen LogP contribution < -0.4 is 9.04 Å². The molecule has 0 aliphatic carbocycles. The van der Waals surface area contributed by atoms with Crippen LogP contribution in [0.3, 0.4) is 0 Å². The van der Waals surface area contributed by atoms with Crippen molar-refractivity contribution in [2.75, 3.05) is 24.6 Å². The number of alkyl halides is 4. The van der Waals surface area contributed by atoms with E-state index in [4.69, 9.17) is 0 Å². The van der Waals surface area contributed by atoms with Crippen molar-refractivity contribution in [3.63, 3.8) is 0 Å². The van der Waals surface area contributed by atoms with Crippen molar-refractivity contribution in [3.8, 4) is 5.75 Å². The smallest absolute Gasteiger partial charge is 0.340 e. The number of carbonyl (C=O) groups excluding carboxylic acids is 1. The molecule has 0 aliphatic heterocycles. The molecule has 0 aromatic heterocycles. The first kappa shape index (κ1) is 24.4. The second-order valence-corrected chi connectivity index (χ2v) is 8.34. The van der Waals surface area contributed by atoms with E-state index in [1.807, 2.05) is 0 Å². The number of hydrogen-bond donors (Lipinski definition) is 0. The lowest BCUT2D eigenvalue weighted by molar-refractivity contribution is -0.148. The number of carbonyl (C=O) groups is 1. The average molecular weight is 463 g/mol. The summed E-state index contributed by atoms with van der Waals surface area (Å²) < 4.78 is 87.0. The number of sulfonamides is 1. The third kappa shape index (κ3) is 5.46. The largest absolute Gasteiger partial charge is 0.487 e. The summed E-state index contributed by atoms with van der Waals surface area (Å²) in [5, 5.41) is 0. The minimum absolute atomic E-state index is 0.0213. The number of hydrogen-bond acceptors (Lipinski definition) is 5. The van der Waals surface area contributed by atoms with Crippen molar-refractivity contribution in [2.24, 2.45) is 0 Å². The van der Waals surface area contributed by atoms with Crippen LogP contribution in [-0.2, 0) is 14.8 Å². The monoisotopic (exact) mass is 463 g/mol. The van der Waals surface area contributed by atoms with Gasteiger partial charge in [0.2, 0.25) is 0 Å². The summed E-state index contributed by atoms with van der Waals surface area (Å²) in [4.78, 5) is 11.7. The van der Waals surface area contributed by atoms with E-state index in [-0.39, 0.29) is 28.4 Å². The molecule has 0 radical (unpaired) electrons. The fraction of sp³-hybridized carbons (Fsp3) is 0.350. The molecule has 0 saturated heterocycles. The maximum absolute atomic E-state index is 13.1. The molecule has 2 aromatic carbocycles. The summed E-state index contributed by atoms with van der Waals surface area (Å²) in [6.45, 7) is 1.73. The van der Waals surface area contributed by atoms with Crippen molar-refractivity contribution in [3.05, 3.63) is 53.6 Å². The number of benzene rings is 2. The highest BCUT2D eigenvalue weighted by Gasteiger charge is 2.41. The molecule has 2 rings (SSSR count). The fourth-order valence-corrected chi connectivity index (χ4v) is 4.16. The van der Waals surface area contributed by atoms with E-state index >= 15 is 0 Å². The molecule has 0 heterocycles. The highest BCUT2D eigenvalue weighted by molar-refractivity contribution is 7.92. The molecule has 11 heteroatoms. The minimum Gasteiger partial charge on any atom is -0.487 e. The molecule has 0 saturated carbocycles. The van der Waals surface area contributed by atoms with E-state index in [9.17, 15) is 30.8 Å². The Morgan fingerprint density at radius 3 is 2.26 bits per heavy atom. The standard InChI is InChI=1S/C20H21F4NO5S/c1-4-25(14-6-8-15(9-7-14)30-12-20(23,24)19(21)22)31(27,28)16-10-5-13(2)17(11-16)18(26)29-3/h5-11,19H,4,12H2,1-3H3. The Hall–Kier alpha value is -2.82. The van der Waals surface area contributed by atoms with Gasteiger partial charge in [-0.05, 0) is 55.8 Å². The molecule has 31 heavy (non-hydrogen) atoms. The zero-order valence-electron chi connectivity index (χ0n) is 16.9. The van der Waals surface area contributed by atoms with E-state index in [1.165, 1.54) is 49.6 Å². The van der Waals surface area contributed by atoms with Gasteiger partial charge < -0.3 is 9.47 Å². The minimum atomic E-state index is -4.31. The predicted octanol–water partition coefficient (Wildman–Crippen LogP) is 4.28. The van der Waals surface area contributed by atoms with E-state index in [0.717, 1.165) is 4.31 Å². The number of methoxy groups -OCH3 is 1. The quantitative estimate of drug-likeness (QED) is 0.410. The molecule has 0 bridgehead atoms. The molecule has 6 nitrogen and oxygen atoms in total. The summed E-state index contributed by atoms with van der Waals surface area (Å²) in [7, 11) is -2.90. The van der Waals surface area contributed by atoms with Gasteiger partial charge >= 0.3 is 18.3 Å². The Morgan fingerprint density at radius 1 is 1.13 bits per heavy atom.